The molecule has 164 valence electrons. The standard InChI is InChI=1S/C24H28N2O5/c1-5-18-21(23(27)30-6-2)22(26-24(28)25-18)17-11-12-19(20(13-17)29-4)31-14-16-9-7-15(3)8-10-16/h7-13,22H,5-6,14H2,1-4H3,(H2,25,26,28). The number of rotatable bonds is 8. The molecular weight excluding hydrogens is 396 g/mol. The maximum atomic E-state index is 12.6. The van der Waals surface area contributed by atoms with Gasteiger partial charge in [-0.3, -0.25) is 0 Å². The fourth-order valence-corrected chi connectivity index (χ4v) is 3.43. The summed E-state index contributed by atoms with van der Waals surface area (Å²) in [5.74, 6) is 0.624. The van der Waals surface area contributed by atoms with E-state index in [9.17, 15) is 9.59 Å². The van der Waals surface area contributed by atoms with E-state index in [4.69, 9.17) is 14.2 Å². The summed E-state index contributed by atoms with van der Waals surface area (Å²) in [4.78, 5) is 24.8. The Bertz CT molecular complexity index is 982. The number of hydrogen-bond donors (Lipinski definition) is 2. The molecule has 0 saturated carbocycles. The van der Waals surface area contributed by atoms with E-state index in [1.54, 1.807) is 26.2 Å². The quantitative estimate of drug-likeness (QED) is 0.622. The highest BCUT2D eigenvalue weighted by Gasteiger charge is 2.33. The highest BCUT2D eigenvalue weighted by molar-refractivity contribution is 5.95. The molecule has 31 heavy (non-hydrogen) atoms. The van der Waals surface area contributed by atoms with Gasteiger partial charge in [-0.25, -0.2) is 9.59 Å². The number of ether oxygens (including phenoxy) is 3. The van der Waals surface area contributed by atoms with Gasteiger partial charge in [-0.05, 0) is 43.5 Å². The van der Waals surface area contributed by atoms with E-state index in [1.807, 2.05) is 44.2 Å². The number of benzene rings is 2. The molecule has 3 rings (SSSR count). The van der Waals surface area contributed by atoms with Crippen LogP contribution < -0.4 is 20.1 Å². The van der Waals surface area contributed by atoms with Crippen molar-refractivity contribution in [2.24, 2.45) is 0 Å². The van der Waals surface area contributed by atoms with E-state index in [0.29, 0.717) is 41.4 Å². The van der Waals surface area contributed by atoms with Crippen LogP contribution >= 0.6 is 0 Å². The molecular formula is C24H28N2O5. The van der Waals surface area contributed by atoms with Gasteiger partial charge in [0.05, 0.1) is 25.3 Å². The monoisotopic (exact) mass is 424 g/mol. The van der Waals surface area contributed by atoms with Gasteiger partial charge in [-0.2, -0.15) is 0 Å². The Morgan fingerprint density at radius 1 is 1.06 bits per heavy atom. The molecule has 1 aliphatic heterocycles. The summed E-state index contributed by atoms with van der Waals surface area (Å²) in [6.45, 7) is 6.30. The van der Waals surface area contributed by atoms with Crippen LogP contribution in [-0.2, 0) is 16.1 Å². The van der Waals surface area contributed by atoms with Crippen LogP contribution in [0.5, 0.6) is 11.5 Å². The first kappa shape index (κ1) is 22.2. The van der Waals surface area contributed by atoms with Crippen LogP contribution in [0.25, 0.3) is 0 Å². The second-order valence-corrected chi connectivity index (χ2v) is 7.18. The number of carbonyl (C=O) groups is 2. The normalized spacial score (nSPS) is 15.7. The summed E-state index contributed by atoms with van der Waals surface area (Å²) >= 11 is 0. The Morgan fingerprint density at radius 3 is 2.45 bits per heavy atom. The number of nitrogens with one attached hydrogen (secondary N) is 2. The topological polar surface area (TPSA) is 85.9 Å². The largest absolute Gasteiger partial charge is 0.493 e. The highest BCUT2D eigenvalue weighted by Crippen LogP contribution is 2.35. The number of esters is 1. The number of carbonyl (C=O) groups excluding carboxylic acids is 2. The van der Waals surface area contributed by atoms with Crippen LogP contribution in [-0.4, -0.2) is 25.7 Å². The third-order valence-corrected chi connectivity index (χ3v) is 5.04. The molecule has 0 spiro atoms. The second-order valence-electron chi connectivity index (χ2n) is 7.18. The smallest absolute Gasteiger partial charge is 0.338 e. The molecule has 0 bridgehead atoms. The van der Waals surface area contributed by atoms with Gasteiger partial charge < -0.3 is 24.8 Å². The molecule has 2 aromatic carbocycles. The third-order valence-electron chi connectivity index (χ3n) is 5.04. The zero-order valence-corrected chi connectivity index (χ0v) is 18.3. The lowest BCUT2D eigenvalue weighted by molar-refractivity contribution is -0.139. The fourth-order valence-electron chi connectivity index (χ4n) is 3.43. The molecule has 0 saturated heterocycles. The minimum absolute atomic E-state index is 0.245. The Kier molecular flexibility index (Phi) is 7.18. The number of allylic oxidation sites excluding steroid dienone is 1. The van der Waals surface area contributed by atoms with Crippen molar-refractivity contribution in [3.8, 4) is 11.5 Å². The van der Waals surface area contributed by atoms with Crippen molar-refractivity contribution in [2.75, 3.05) is 13.7 Å². The summed E-state index contributed by atoms with van der Waals surface area (Å²) < 4.78 is 16.7. The average molecular weight is 424 g/mol. The van der Waals surface area contributed by atoms with E-state index in [2.05, 4.69) is 10.6 Å². The summed E-state index contributed by atoms with van der Waals surface area (Å²) in [6, 6.07) is 12.5. The van der Waals surface area contributed by atoms with Crippen LogP contribution in [0.2, 0.25) is 0 Å². The van der Waals surface area contributed by atoms with Crippen LogP contribution in [0.1, 0.15) is 43.0 Å². The van der Waals surface area contributed by atoms with Crippen molar-refractivity contribution < 1.29 is 23.8 Å². The Hall–Kier alpha value is -3.48. The fraction of sp³-hybridized carbons (Fsp3) is 0.333. The van der Waals surface area contributed by atoms with Crippen molar-refractivity contribution in [3.05, 3.63) is 70.4 Å². The zero-order chi connectivity index (χ0) is 22.4. The van der Waals surface area contributed by atoms with Gasteiger partial charge in [0.15, 0.2) is 11.5 Å². The first-order chi connectivity index (χ1) is 15.0. The van der Waals surface area contributed by atoms with Crippen molar-refractivity contribution >= 4 is 12.0 Å². The van der Waals surface area contributed by atoms with Gasteiger partial charge in [0.25, 0.3) is 0 Å². The van der Waals surface area contributed by atoms with Crippen molar-refractivity contribution in [2.45, 2.75) is 39.8 Å². The van der Waals surface area contributed by atoms with Crippen LogP contribution in [0, 0.1) is 6.92 Å². The molecule has 1 heterocycles. The van der Waals surface area contributed by atoms with Gasteiger partial charge in [0, 0.05) is 5.70 Å². The molecule has 0 radical (unpaired) electrons. The molecule has 7 heteroatoms. The number of hydrogen-bond acceptors (Lipinski definition) is 5. The van der Waals surface area contributed by atoms with Crippen molar-refractivity contribution in [1.29, 1.82) is 0 Å². The summed E-state index contributed by atoms with van der Waals surface area (Å²) in [5.41, 5.74) is 3.86. The van der Waals surface area contributed by atoms with Crippen LogP contribution in [0.4, 0.5) is 4.79 Å². The predicted octanol–water partition coefficient (Wildman–Crippen LogP) is 4.16. The molecule has 1 atom stereocenters. The third kappa shape index (κ3) is 5.17. The molecule has 2 aromatic rings. The number of amides is 2. The second kappa shape index (κ2) is 10.0. The molecule has 0 aliphatic carbocycles. The van der Waals surface area contributed by atoms with Crippen molar-refractivity contribution in [3.63, 3.8) is 0 Å². The van der Waals surface area contributed by atoms with Gasteiger partial charge in [-0.15, -0.1) is 0 Å². The number of urea groups is 1. The lowest BCUT2D eigenvalue weighted by Crippen LogP contribution is -2.45. The summed E-state index contributed by atoms with van der Waals surface area (Å²) in [7, 11) is 1.55. The minimum Gasteiger partial charge on any atom is -0.493 e. The Morgan fingerprint density at radius 2 is 1.81 bits per heavy atom. The van der Waals surface area contributed by atoms with Gasteiger partial charge in [0.1, 0.15) is 6.61 Å². The Labute approximate surface area is 182 Å². The number of methoxy groups -OCH3 is 1. The van der Waals surface area contributed by atoms with Crippen LogP contribution in [0.15, 0.2) is 53.7 Å². The molecule has 2 N–H and O–H groups in total. The maximum absolute atomic E-state index is 12.6. The van der Waals surface area contributed by atoms with E-state index >= 15 is 0 Å². The van der Waals surface area contributed by atoms with Gasteiger partial charge in [0.2, 0.25) is 0 Å². The lowest BCUT2D eigenvalue weighted by atomic mass is 9.94. The highest BCUT2D eigenvalue weighted by atomic mass is 16.5. The van der Waals surface area contributed by atoms with E-state index < -0.39 is 12.0 Å². The molecule has 0 fully saturated rings. The minimum atomic E-state index is -0.650. The molecule has 1 unspecified atom stereocenters. The van der Waals surface area contributed by atoms with Crippen LogP contribution in [0.3, 0.4) is 0 Å². The maximum Gasteiger partial charge on any atom is 0.338 e. The number of aryl methyl sites for hydroxylation is 1. The molecule has 0 aromatic heterocycles. The first-order valence-corrected chi connectivity index (χ1v) is 10.3. The SMILES string of the molecule is CCOC(=O)C1=C(CC)NC(=O)NC1c1ccc(OCc2ccc(C)cc2)c(OC)c1. The summed E-state index contributed by atoms with van der Waals surface area (Å²) in [6.07, 6.45) is 0.493. The van der Waals surface area contributed by atoms with E-state index in [1.165, 1.54) is 5.56 Å². The van der Waals surface area contributed by atoms with Gasteiger partial charge >= 0.3 is 12.0 Å². The Balaban J connectivity index is 1.89. The van der Waals surface area contributed by atoms with Crippen molar-refractivity contribution in [1.82, 2.24) is 10.6 Å². The van der Waals surface area contributed by atoms with E-state index in [-0.39, 0.29) is 12.6 Å². The average Bonchev–Trinajstić information content (AvgIpc) is 2.78. The van der Waals surface area contributed by atoms with E-state index in [0.717, 1.165) is 5.56 Å². The molecule has 7 nitrogen and oxygen atoms in total. The lowest BCUT2D eigenvalue weighted by Gasteiger charge is -2.29. The molecule has 2 amide bonds. The summed E-state index contributed by atoms with van der Waals surface area (Å²) in [5, 5.41) is 5.53. The first-order valence-electron chi connectivity index (χ1n) is 10.3. The predicted molar refractivity (Wildman–Crippen MR) is 117 cm³/mol. The van der Waals surface area contributed by atoms with Gasteiger partial charge in [-0.1, -0.05) is 42.8 Å². The zero-order valence-electron chi connectivity index (χ0n) is 18.3. The molecule has 1 aliphatic rings.